The van der Waals surface area contributed by atoms with E-state index in [0.29, 0.717) is 11.3 Å². The number of hydrogen-bond donors (Lipinski definition) is 4. The summed E-state index contributed by atoms with van der Waals surface area (Å²) >= 11 is 0. The molecule has 1 aliphatic rings. The van der Waals surface area contributed by atoms with Crippen molar-refractivity contribution in [2.75, 3.05) is 18.9 Å². The predicted octanol–water partition coefficient (Wildman–Crippen LogP) is 1.53. The molecule has 2 atom stereocenters. The minimum atomic E-state index is -1.50. The molecular formula is C19H28N6O3. The van der Waals surface area contributed by atoms with Crippen molar-refractivity contribution in [2.45, 2.75) is 51.9 Å². The number of fused-ring (bicyclic) bond motifs is 1. The van der Waals surface area contributed by atoms with Crippen LogP contribution in [0.15, 0.2) is 12.4 Å². The number of rotatable bonds is 4. The standard InChI is InChI=1S/C16H20N6O.C3H8O2/c1-3-19-13-7-11(8-17)21-15-14(13)20-9-22(15)12-5-4-10(6-12)16(23)18-2;1-3(2,4)5/h7,9-10,12H,3-6H2,1-2H3,(H,18,23)(H,19,21);4-5H,1-2H3. The van der Waals surface area contributed by atoms with Gasteiger partial charge in [0.25, 0.3) is 0 Å². The zero-order chi connectivity index (χ0) is 20.9. The summed E-state index contributed by atoms with van der Waals surface area (Å²) in [4.78, 5) is 20.7. The molecule has 2 aromatic rings. The largest absolute Gasteiger partial charge is 0.383 e. The molecule has 0 bridgehead atoms. The van der Waals surface area contributed by atoms with Gasteiger partial charge in [-0.05, 0) is 40.0 Å². The highest BCUT2D eigenvalue weighted by molar-refractivity contribution is 5.86. The van der Waals surface area contributed by atoms with Crippen LogP contribution in [-0.4, -0.2) is 50.0 Å². The molecule has 2 heterocycles. The lowest BCUT2D eigenvalue weighted by Crippen LogP contribution is -2.25. The number of nitrogens with one attached hydrogen (secondary N) is 2. The molecule has 0 radical (unpaired) electrons. The van der Waals surface area contributed by atoms with E-state index in [1.165, 1.54) is 13.8 Å². The minimum Gasteiger partial charge on any atom is -0.383 e. The highest BCUT2D eigenvalue weighted by Gasteiger charge is 2.31. The van der Waals surface area contributed by atoms with E-state index in [2.05, 4.69) is 26.7 Å². The summed E-state index contributed by atoms with van der Waals surface area (Å²) in [5.41, 5.74) is 2.68. The fourth-order valence-corrected chi connectivity index (χ4v) is 3.31. The second-order valence-corrected chi connectivity index (χ2v) is 7.29. The molecule has 2 unspecified atom stereocenters. The van der Waals surface area contributed by atoms with Crippen molar-refractivity contribution in [3.8, 4) is 6.07 Å². The SMILES string of the molecule is CC(C)(O)O.CCNc1cc(C#N)nc2c1ncn2C1CCC(C(=O)NC)C1. The Bertz CT molecular complexity index is 859. The van der Waals surface area contributed by atoms with Gasteiger partial charge in [0.1, 0.15) is 17.3 Å². The van der Waals surface area contributed by atoms with Gasteiger partial charge in [0.2, 0.25) is 5.91 Å². The first-order valence-corrected chi connectivity index (χ1v) is 9.35. The Labute approximate surface area is 164 Å². The molecule has 4 N–H and O–H groups in total. The summed E-state index contributed by atoms with van der Waals surface area (Å²) < 4.78 is 2.01. The molecule has 1 saturated carbocycles. The van der Waals surface area contributed by atoms with Crippen molar-refractivity contribution < 1.29 is 15.0 Å². The lowest BCUT2D eigenvalue weighted by atomic mass is 10.1. The van der Waals surface area contributed by atoms with Gasteiger partial charge in [0.05, 0.1) is 12.0 Å². The molecule has 152 valence electrons. The van der Waals surface area contributed by atoms with Crippen molar-refractivity contribution >= 4 is 22.8 Å². The number of nitrogens with zero attached hydrogens (tertiary/aromatic N) is 4. The number of nitriles is 1. The molecule has 9 nitrogen and oxygen atoms in total. The van der Waals surface area contributed by atoms with Crippen molar-refractivity contribution in [1.82, 2.24) is 19.9 Å². The van der Waals surface area contributed by atoms with E-state index in [4.69, 9.17) is 10.2 Å². The van der Waals surface area contributed by atoms with Crippen molar-refractivity contribution in [3.05, 3.63) is 18.1 Å². The first-order chi connectivity index (χ1) is 13.2. The van der Waals surface area contributed by atoms with Crippen LogP contribution < -0.4 is 10.6 Å². The van der Waals surface area contributed by atoms with Crippen LogP contribution in [0, 0.1) is 17.2 Å². The van der Waals surface area contributed by atoms with Crippen LogP contribution in [0.25, 0.3) is 11.2 Å². The minimum absolute atomic E-state index is 0.0369. The number of imidazole rings is 1. The summed E-state index contributed by atoms with van der Waals surface area (Å²) in [7, 11) is 1.67. The Morgan fingerprint density at radius 2 is 2.11 bits per heavy atom. The Morgan fingerprint density at radius 3 is 2.68 bits per heavy atom. The number of pyridine rings is 1. The Hall–Kier alpha value is -2.70. The van der Waals surface area contributed by atoms with E-state index in [1.54, 1.807) is 19.4 Å². The average Bonchev–Trinajstić information content (AvgIpc) is 3.26. The highest BCUT2D eigenvalue weighted by atomic mass is 16.5. The van der Waals surface area contributed by atoms with Crippen LogP contribution >= 0.6 is 0 Å². The quantitative estimate of drug-likeness (QED) is 0.583. The third-order valence-corrected chi connectivity index (χ3v) is 4.43. The summed E-state index contributed by atoms with van der Waals surface area (Å²) in [6, 6.07) is 4.03. The van der Waals surface area contributed by atoms with Gasteiger partial charge in [-0.15, -0.1) is 0 Å². The highest BCUT2D eigenvalue weighted by Crippen LogP contribution is 2.37. The number of anilines is 1. The first-order valence-electron chi connectivity index (χ1n) is 9.35. The lowest BCUT2D eigenvalue weighted by Gasteiger charge is -2.13. The third-order valence-electron chi connectivity index (χ3n) is 4.43. The van der Waals surface area contributed by atoms with Gasteiger partial charge < -0.3 is 25.4 Å². The van der Waals surface area contributed by atoms with Crippen molar-refractivity contribution in [2.24, 2.45) is 5.92 Å². The van der Waals surface area contributed by atoms with Gasteiger partial charge in [0, 0.05) is 31.6 Å². The average molecular weight is 388 g/mol. The fraction of sp³-hybridized carbons (Fsp3) is 0.579. The fourth-order valence-electron chi connectivity index (χ4n) is 3.31. The van der Waals surface area contributed by atoms with Crippen LogP contribution in [0.4, 0.5) is 5.69 Å². The maximum atomic E-state index is 11.8. The van der Waals surface area contributed by atoms with E-state index < -0.39 is 5.79 Å². The summed E-state index contributed by atoms with van der Waals surface area (Å²) in [5.74, 6) is -1.37. The molecule has 0 spiro atoms. The molecular weight excluding hydrogens is 360 g/mol. The van der Waals surface area contributed by atoms with Gasteiger partial charge in [-0.1, -0.05) is 0 Å². The molecule has 3 rings (SSSR count). The lowest BCUT2D eigenvalue weighted by molar-refractivity contribution is -0.127. The van der Waals surface area contributed by atoms with E-state index in [0.717, 1.165) is 37.0 Å². The molecule has 1 amide bonds. The molecule has 0 aromatic carbocycles. The monoisotopic (exact) mass is 388 g/mol. The second kappa shape index (κ2) is 8.99. The summed E-state index contributed by atoms with van der Waals surface area (Å²) in [5, 5.41) is 31.3. The van der Waals surface area contributed by atoms with Gasteiger partial charge in [0.15, 0.2) is 11.4 Å². The van der Waals surface area contributed by atoms with E-state index in [9.17, 15) is 10.1 Å². The number of carbonyl (C=O) groups is 1. The van der Waals surface area contributed by atoms with Crippen LogP contribution in [0.2, 0.25) is 0 Å². The number of aromatic nitrogens is 3. The maximum absolute atomic E-state index is 11.8. The first kappa shape index (κ1) is 21.6. The molecule has 0 saturated heterocycles. The molecule has 0 aliphatic heterocycles. The van der Waals surface area contributed by atoms with Crippen LogP contribution in [0.1, 0.15) is 51.8 Å². The predicted molar refractivity (Wildman–Crippen MR) is 105 cm³/mol. The molecule has 9 heteroatoms. The zero-order valence-electron chi connectivity index (χ0n) is 16.7. The number of carbonyl (C=O) groups excluding carboxylic acids is 1. The molecule has 2 aromatic heterocycles. The van der Waals surface area contributed by atoms with E-state index in [1.807, 2.05) is 11.5 Å². The number of aliphatic hydroxyl groups is 2. The Morgan fingerprint density at radius 1 is 1.43 bits per heavy atom. The van der Waals surface area contributed by atoms with Crippen LogP contribution in [0.3, 0.4) is 0 Å². The molecule has 1 fully saturated rings. The summed E-state index contributed by atoms with van der Waals surface area (Å²) in [6.07, 6.45) is 4.33. The molecule has 28 heavy (non-hydrogen) atoms. The maximum Gasteiger partial charge on any atom is 0.222 e. The Kier molecular flexibility index (Phi) is 6.94. The smallest absolute Gasteiger partial charge is 0.222 e. The van der Waals surface area contributed by atoms with Gasteiger partial charge in [-0.25, -0.2) is 9.97 Å². The third kappa shape index (κ3) is 5.41. The topological polar surface area (TPSA) is 136 Å². The normalized spacial score (nSPS) is 18.9. The van der Waals surface area contributed by atoms with Gasteiger partial charge in [-0.3, -0.25) is 4.79 Å². The Balaban J connectivity index is 0.000000500. The van der Waals surface area contributed by atoms with Crippen molar-refractivity contribution in [3.63, 3.8) is 0 Å². The summed E-state index contributed by atoms with van der Waals surface area (Å²) in [6.45, 7) is 5.35. The van der Waals surface area contributed by atoms with E-state index in [-0.39, 0.29) is 17.9 Å². The molecule has 1 aliphatic carbocycles. The van der Waals surface area contributed by atoms with Crippen LogP contribution in [-0.2, 0) is 4.79 Å². The van der Waals surface area contributed by atoms with E-state index >= 15 is 0 Å². The van der Waals surface area contributed by atoms with Crippen molar-refractivity contribution in [1.29, 1.82) is 5.26 Å². The van der Waals surface area contributed by atoms with Crippen LogP contribution in [0.5, 0.6) is 0 Å². The number of hydrogen-bond acceptors (Lipinski definition) is 7. The van der Waals surface area contributed by atoms with Gasteiger partial charge >= 0.3 is 0 Å². The van der Waals surface area contributed by atoms with Gasteiger partial charge in [-0.2, -0.15) is 5.26 Å². The second-order valence-electron chi connectivity index (χ2n) is 7.29. The zero-order valence-corrected chi connectivity index (χ0v) is 16.7. The number of amides is 1.